The number of nitrogens with zero attached hydrogens (tertiary/aromatic N) is 3. The normalized spacial score (nSPS) is 12.3. The van der Waals surface area contributed by atoms with E-state index < -0.39 is 16.8 Å². The number of hydrogen-bond donors (Lipinski definition) is 2. The maximum atomic E-state index is 12.7. The van der Waals surface area contributed by atoms with Gasteiger partial charge in [-0.25, -0.2) is 4.79 Å². The summed E-state index contributed by atoms with van der Waals surface area (Å²) in [5.41, 5.74) is 3.92. The van der Waals surface area contributed by atoms with Gasteiger partial charge in [0.15, 0.2) is 5.16 Å². The molecule has 7 nitrogen and oxygen atoms in total. The molecule has 8 heteroatoms. The Morgan fingerprint density at radius 2 is 1.76 bits per heavy atom. The first-order valence-corrected chi connectivity index (χ1v) is 11.8. The summed E-state index contributed by atoms with van der Waals surface area (Å²) in [5, 5.41) is 14.1. The molecule has 33 heavy (non-hydrogen) atoms. The van der Waals surface area contributed by atoms with E-state index in [0.717, 1.165) is 22.6 Å². The summed E-state index contributed by atoms with van der Waals surface area (Å²) in [6.45, 7) is 11.4. The number of carbonyl (C=O) groups excluding carboxylic acids is 2. The van der Waals surface area contributed by atoms with Gasteiger partial charge in [0, 0.05) is 12.0 Å². The van der Waals surface area contributed by atoms with E-state index in [1.54, 1.807) is 6.92 Å². The highest BCUT2D eigenvalue weighted by Crippen LogP contribution is 2.28. The summed E-state index contributed by atoms with van der Waals surface area (Å²) in [7, 11) is 0. The van der Waals surface area contributed by atoms with Crippen LogP contribution in [-0.2, 0) is 11.2 Å². The molecule has 1 unspecified atom stereocenters. The van der Waals surface area contributed by atoms with Gasteiger partial charge < -0.3 is 5.32 Å². The van der Waals surface area contributed by atoms with E-state index >= 15 is 0 Å². The molecule has 0 aliphatic rings. The zero-order chi connectivity index (χ0) is 24.2. The first-order chi connectivity index (χ1) is 15.5. The second-order valence-corrected chi connectivity index (χ2v) is 10.4. The first kappa shape index (κ1) is 24.5. The molecule has 3 aromatic rings. The fraction of sp³-hybridized carbons (Fsp3) is 0.360. The molecule has 0 aliphatic carbocycles. The largest absolute Gasteiger partial charge is 0.333 e. The quantitative estimate of drug-likeness (QED) is 0.520. The lowest BCUT2D eigenvalue weighted by molar-refractivity contribution is -0.119. The number of hydrogen-bond acceptors (Lipinski definition) is 5. The maximum Gasteiger partial charge on any atom is 0.321 e. The second-order valence-electron chi connectivity index (χ2n) is 9.14. The van der Waals surface area contributed by atoms with Crippen molar-refractivity contribution in [2.75, 3.05) is 0 Å². The van der Waals surface area contributed by atoms with E-state index in [1.165, 1.54) is 17.3 Å². The van der Waals surface area contributed by atoms with Gasteiger partial charge in [0.2, 0.25) is 5.91 Å². The van der Waals surface area contributed by atoms with Gasteiger partial charge >= 0.3 is 6.03 Å². The molecule has 0 spiro atoms. The third-order valence-corrected chi connectivity index (χ3v) is 5.92. The standard InChI is InChI=1S/C25H31N5O2S/c1-16-12-13-20(17(2)14-16)30-21(15-19-10-8-7-9-11-19)28-29-24(30)33-18(3)22(31)26-23(32)27-25(4,5)6/h7-14,18H,15H2,1-6H3,(H2,26,27,31,32). The third-order valence-electron chi connectivity index (χ3n) is 4.88. The van der Waals surface area contributed by atoms with Crippen molar-refractivity contribution >= 4 is 23.7 Å². The number of amides is 3. The van der Waals surface area contributed by atoms with E-state index in [-0.39, 0.29) is 5.91 Å². The van der Waals surface area contributed by atoms with Crippen molar-refractivity contribution in [3.05, 3.63) is 71.0 Å². The van der Waals surface area contributed by atoms with Crippen molar-refractivity contribution in [3.63, 3.8) is 0 Å². The molecule has 0 fully saturated rings. The molecule has 0 bridgehead atoms. The van der Waals surface area contributed by atoms with Crippen molar-refractivity contribution < 1.29 is 9.59 Å². The Balaban J connectivity index is 1.88. The number of urea groups is 1. The Morgan fingerprint density at radius 1 is 1.06 bits per heavy atom. The number of aryl methyl sites for hydroxylation is 2. The minimum Gasteiger partial charge on any atom is -0.333 e. The maximum absolute atomic E-state index is 12.7. The molecule has 1 heterocycles. The van der Waals surface area contributed by atoms with Crippen molar-refractivity contribution in [1.29, 1.82) is 0 Å². The molecule has 0 radical (unpaired) electrons. The van der Waals surface area contributed by atoms with Gasteiger partial charge in [-0.3, -0.25) is 14.7 Å². The number of benzene rings is 2. The van der Waals surface area contributed by atoms with E-state index in [0.29, 0.717) is 11.6 Å². The Kier molecular flexibility index (Phi) is 7.58. The highest BCUT2D eigenvalue weighted by Gasteiger charge is 2.24. The summed E-state index contributed by atoms with van der Waals surface area (Å²) in [6.07, 6.45) is 0.607. The molecule has 0 saturated carbocycles. The van der Waals surface area contributed by atoms with Crippen molar-refractivity contribution in [2.24, 2.45) is 0 Å². The number of nitrogens with one attached hydrogen (secondary N) is 2. The monoisotopic (exact) mass is 465 g/mol. The lowest BCUT2D eigenvalue weighted by Gasteiger charge is -2.21. The van der Waals surface area contributed by atoms with Crippen LogP contribution < -0.4 is 10.6 Å². The Labute approximate surface area is 199 Å². The summed E-state index contributed by atoms with van der Waals surface area (Å²) in [4.78, 5) is 24.8. The van der Waals surface area contributed by atoms with Crippen LogP contribution >= 0.6 is 11.8 Å². The predicted molar refractivity (Wildman–Crippen MR) is 132 cm³/mol. The Morgan fingerprint density at radius 3 is 2.39 bits per heavy atom. The number of aromatic nitrogens is 3. The Hall–Kier alpha value is -3.13. The second kappa shape index (κ2) is 10.2. The van der Waals surface area contributed by atoms with Gasteiger partial charge in [0.25, 0.3) is 0 Å². The van der Waals surface area contributed by atoms with E-state index in [9.17, 15) is 9.59 Å². The van der Waals surface area contributed by atoms with Gasteiger partial charge in [-0.2, -0.15) is 0 Å². The van der Waals surface area contributed by atoms with Crippen LogP contribution in [0.15, 0.2) is 53.7 Å². The van der Waals surface area contributed by atoms with Crippen LogP contribution in [0, 0.1) is 13.8 Å². The van der Waals surface area contributed by atoms with Crippen LogP contribution in [0.3, 0.4) is 0 Å². The molecular formula is C25H31N5O2S. The number of thioether (sulfide) groups is 1. The predicted octanol–water partition coefficient (Wildman–Crippen LogP) is 4.58. The molecule has 3 rings (SSSR count). The molecular weight excluding hydrogens is 434 g/mol. The average Bonchev–Trinajstić information content (AvgIpc) is 3.09. The molecule has 174 valence electrons. The number of rotatable bonds is 6. The van der Waals surface area contributed by atoms with Crippen LogP contribution in [0.1, 0.15) is 50.2 Å². The van der Waals surface area contributed by atoms with Gasteiger partial charge in [0.1, 0.15) is 5.82 Å². The van der Waals surface area contributed by atoms with Crippen LogP contribution in [0.5, 0.6) is 0 Å². The van der Waals surface area contributed by atoms with Crippen LogP contribution in [0.4, 0.5) is 4.79 Å². The van der Waals surface area contributed by atoms with Crippen LogP contribution in [0.25, 0.3) is 5.69 Å². The van der Waals surface area contributed by atoms with Gasteiger partial charge in [-0.1, -0.05) is 59.8 Å². The topological polar surface area (TPSA) is 88.9 Å². The van der Waals surface area contributed by atoms with E-state index in [4.69, 9.17) is 0 Å². The summed E-state index contributed by atoms with van der Waals surface area (Å²) < 4.78 is 2.01. The highest BCUT2D eigenvalue weighted by molar-refractivity contribution is 8.00. The fourth-order valence-corrected chi connectivity index (χ4v) is 4.24. The first-order valence-electron chi connectivity index (χ1n) is 10.9. The Bertz CT molecular complexity index is 1140. The minimum atomic E-state index is -0.547. The minimum absolute atomic E-state index is 0.387. The van der Waals surface area contributed by atoms with Gasteiger partial charge in [-0.15, -0.1) is 10.2 Å². The van der Waals surface area contributed by atoms with Gasteiger partial charge in [0.05, 0.1) is 10.9 Å². The number of carbonyl (C=O) groups is 2. The summed E-state index contributed by atoms with van der Waals surface area (Å²) in [5.74, 6) is 0.398. The lowest BCUT2D eigenvalue weighted by atomic mass is 10.1. The number of imide groups is 1. The molecule has 0 saturated heterocycles. The third kappa shape index (κ3) is 6.68. The van der Waals surface area contributed by atoms with Crippen molar-refractivity contribution in [2.45, 2.75) is 63.9 Å². The summed E-state index contributed by atoms with van der Waals surface area (Å²) >= 11 is 1.27. The molecule has 1 atom stereocenters. The zero-order valence-corrected chi connectivity index (χ0v) is 20.8. The molecule has 0 aliphatic heterocycles. The molecule has 2 N–H and O–H groups in total. The summed E-state index contributed by atoms with van der Waals surface area (Å²) in [6, 6.07) is 15.8. The molecule has 2 aromatic carbocycles. The molecule has 1 aromatic heterocycles. The van der Waals surface area contributed by atoms with Gasteiger partial charge in [-0.05, 0) is 58.7 Å². The van der Waals surface area contributed by atoms with Crippen molar-refractivity contribution in [1.82, 2.24) is 25.4 Å². The van der Waals surface area contributed by atoms with E-state index in [2.05, 4.69) is 58.9 Å². The highest BCUT2D eigenvalue weighted by atomic mass is 32.2. The van der Waals surface area contributed by atoms with Crippen LogP contribution in [-0.4, -0.2) is 37.5 Å². The van der Waals surface area contributed by atoms with Crippen LogP contribution in [0.2, 0.25) is 0 Å². The van der Waals surface area contributed by atoms with Crippen molar-refractivity contribution in [3.8, 4) is 5.69 Å². The lowest BCUT2D eigenvalue weighted by Crippen LogP contribution is -2.49. The smallest absolute Gasteiger partial charge is 0.321 e. The average molecular weight is 466 g/mol. The zero-order valence-electron chi connectivity index (χ0n) is 20.0. The molecule has 3 amide bonds. The fourth-order valence-electron chi connectivity index (χ4n) is 3.36. The van der Waals surface area contributed by atoms with E-state index in [1.807, 2.05) is 49.6 Å². The SMILES string of the molecule is Cc1ccc(-n2c(Cc3ccccc3)nnc2SC(C)C(=O)NC(=O)NC(C)(C)C)c(C)c1.